The van der Waals surface area contributed by atoms with Crippen LogP contribution in [0, 0.1) is 6.92 Å². The molecule has 2 aromatic carbocycles. The summed E-state index contributed by atoms with van der Waals surface area (Å²) in [5, 5.41) is 17.9. The smallest absolute Gasteiger partial charge is 0.230 e. The fourth-order valence-corrected chi connectivity index (χ4v) is 3.93. The Balaban J connectivity index is 1.39. The van der Waals surface area contributed by atoms with Gasteiger partial charge in [0.05, 0.1) is 22.8 Å². The second-order valence-electron chi connectivity index (χ2n) is 6.45. The van der Waals surface area contributed by atoms with E-state index in [1.54, 1.807) is 16.0 Å². The van der Waals surface area contributed by atoms with Gasteiger partial charge in [-0.25, -0.2) is 4.98 Å². The van der Waals surface area contributed by atoms with E-state index >= 15 is 0 Å². The molecule has 0 spiro atoms. The maximum Gasteiger partial charge on any atom is 0.230 e. The predicted octanol–water partition coefficient (Wildman–Crippen LogP) is 3.85. The minimum Gasteiger partial charge on any atom is -0.326 e. The van der Waals surface area contributed by atoms with E-state index in [2.05, 4.69) is 25.8 Å². The number of aromatic nitrogens is 5. The average Bonchev–Trinajstić information content (AvgIpc) is 3.30. The Morgan fingerprint density at radius 2 is 2.07 bits per heavy atom. The van der Waals surface area contributed by atoms with E-state index in [9.17, 15) is 4.79 Å². The summed E-state index contributed by atoms with van der Waals surface area (Å²) >= 11 is 7.57. The van der Waals surface area contributed by atoms with Crippen LogP contribution in [-0.2, 0) is 17.6 Å². The highest BCUT2D eigenvalue weighted by Crippen LogP contribution is 2.19. The van der Waals surface area contributed by atoms with E-state index in [1.165, 1.54) is 0 Å². The van der Waals surface area contributed by atoms with Crippen LogP contribution >= 0.6 is 22.9 Å². The molecule has 0 aliphatic rings. The van der Waals surface area contributed by atoms with Crippen LogP contribution in [0.4, 0.5) is 5.69 Å². The van der Waals surface area contributed by atoms with Gasteiger partial charge in [-0.05, 0) is 53.2 Å². The standard InChI is InChI=1S/C20H17ClN6OS/c1-13-24-25-26-27(13)18-7-3-6-16(10-18)22-19(28)11-17-12-29-20(23-17)9-14-4-2-5-15(21)8-14/h2-8,10,12H,9,11H2,1H3,(H,22,28). The monoisotopic (exact) mass is 424 g/mol. The number of rotatable bonds is 6. The van der Waals surface area contributed by atoms with Gasteiger partial charge in [-0.1, -0.05) is 29.8 Å². The Bertz CT molecular complexity index is 1160. The number of nitrogens with one attached hydrogen (secondary N) is 1. The number of benzene rings is 2. The lowest BCUT2D eigenvalue weighted by Crippen LogP contribution is -2.15. The van der Waals surface area contributed by atoms with E-state index in [4.69, 9.17) is 11.6 Å². The number of tetrazole rings is 1. The lowest BCUT2D eigenvalue weighted by molar-refractivity contribution is -0.115. The van der Waals surface area contributed by atoms with Crippen molar-refractivity contribution in [3.63, 3.8) is 0 Å². The number of amides is 1. The lowest BCUT2D eigenvalue weighted by atomic mass is 10.2. The van der Waals surface area contributed by atoms with Gasteiger partial charge in [-0.2, -0.15) is 4.68 Å². The summed E-state index contributed by atoms with van der Waals surface area (Å²) in [4.78, 5) is 17.0. The minimum absolute atomic E-state index is 0.129. The molecule has 2 aromatic heterocycles. The molecular formula is C20H17ClN6OS. The molecule has 0 saturated carbocycles. The third kappa shape index (κ3) is 4.85. The summed E-state index contributed by atoms with van der Waals surface area (Å²) < 4.78 is 1.61. The first-order valence-corrected chi connectivity index (χ1v) is 10.2. The maximum absolute atomic E-state index is 12.4. The molecule has 7 nitrogen and oxygen atoms in total. The highest BCUT2D eigenvalue weighted by molar-refractivity contribution is 7.09. The van der Waals surface area contributed by atoms with Gasteiger partial charge in [0.25, 0.3) is 0 Å². The van der Waals surface area contributed by atoms with Crippen LogP contribution in [-0.4, -0.2) is 31.1 Å². The molecule has 29 heavy (non-hydrogen) atoms. The van der Waals surface area contributed by atoms with Gasteiger partial charge >= 0.3 is 0 Å². The zero-order valence-electron chi connectivity index (χ0n) is 15.5. The number of carbonyl (C=O) groups excluding carboxylic acids is 1. The Morgan fingerprint density at radius 1 is 1.21 bits per heavy atom. The van der Waals surface area contributed by atoms with Crippen molar-refractivity contribution in [1.82, 2.24) is 25.2 Å². The number of hydrogen-bond donors (Lipinski definition) is 1. The highest BCUT2D eigenvalue weighted by atomic mass is 35.5. The van der Waals surface area contributed by atoms with Crippen molar-refractivity contribution in [3.05, 3.63) is 81.0 Å². The number of hydrogen-bond acceptors (Lipinski definition) is 6. The van der Waals surface area contributed by atoms with Crippen LogP contribution in [0.25, 0.3) is 5.69 Å². The summed E-state index contributed by atoms with van der Waals surface area (Å²) in [6.07, 6.45) is 0.903. The minimum atomic E-state index is -0.129. The first-order valence-electron chi connectivity index (χ1n) is 8.90. The summed E-state index contributed by atoms with van der Waals surface area (Å²) in [6.45, 7) is 1.81. The summed E-state index contributed by atoms with van der Waals surface area (Å²) in [7, 11) is 0. The Morgan fingerprint density at radius 3 is 2.86 bits per heavy atom. The molecule has 0 aliphatic heterocycles. The van der Waals surface area contributed by atoms with Crippen LogP contribution < -0.4 is 5.32 Å². The highest BCUT2D eigenvalue weighted by Gasteiger charge is 2.10. The van der Waals surface area contributed by atoms with Crippen molar-refractivity contribution in [2.24, 2.45) is 0 Å². The zero-order chi connectivity index (χ0) is 20.2. The van der Waals surface area contributed by atoms with Gasteiger partial charge in [0.1, 0.15) is 0 Å². The molecule has 0 atom stereocenters. The van der Waals surface area contributed by atoms with Gasteiger partial charge in [0, 0.05) is 22.5 Å². The molecule has 9 heteroatoms. The van der Waals surface area contributed by atoms with Crippen molar-refractivity contribution in [3.8, 4) is 5.69 Å². The van der Waals surface area contributed by atoms with Gasteiger partial charge < -0.3 is 5.32 Å². The van der Waals surface area contributed by atoms with Crippen LogP contribution in [0.15, 0.2) is 53.9 Å². The number of carbonyl (C=O) groups is 1. The number of halogens is 1. The normalized spacial score (nSPS) is 10.8. The first-order chi connectivity index (χ1) is 14.1. The second kappa shape index (κ2) is 8.50. The van der Waals surface area contributed by atoms with Crippen molar-refractivity contribution < 1.29 is 4.79 Å². The molecule has 0 radical (unpaired) electrons. The van der Waals surface area contributed by atoms with E-state index in [0.717, 1.165) is 22.0 Å². The van der Waals surface area contributed by atoms with Crippen molar-refractivity contribution >= 4 is 34.5 Å². The van der Waals surface area contributed by atoms with Gasteiger partial charge in [-0.15, -0.1) is 16.4 Å². The van der Waals surface area contributed by atoms with Crippen LogP contribution in [0.1, 0.15) is 22.1 Å². The largest absolute Gasteiger partial charge is 0.326 e. The molecule has 0 unspecified atom stereocenters. The molecule has 1 N–H and O–H groups in total. The molecule has 1 amide bonds. The molecule has 4 aromatic rings. The van der Waals surface area contributed by atoms with Crippen molar-refractivity contribution in [2.75, 3.05) is 5.32 Å². The molecule has 0 aliphatic carbocycles. The molecule has 0 saturated heterocycles. The fraction of sp³-hybridized carbons (Fsp3) is 0.150. The topological polar surface area (TPSA) is 85.6 Å². The van der Waals surface area contributed by atoms with Crippen LogP contribution in [0.3, 0.4) is 0 Å². The summed E-state index contributed by atoms with van der Waals surface area (Å²) in [5.41, 5.74) is 3.30. The summed E-state index contributed by atoms with van der Waals surface area (Å²) in [5.74, 6) is 0.540. The number of nitrogens with zero attached hydrogens (tertiary/aromatic N) is 5. The number of aryl methyl sites for hydroxylation is 1. The van der Waals surface area contributed by atoms with Crippen molar-refractivity contribution in [1.29, 1.82) is 0 Å². The van der Waals surface area contributed by atoms with Crippen LogP contribution in [0.2, 0.25) is 5.02 Å². The number of thiazole rings is 1. The van der Waals surface area contributed by atoms with E-state index in [-0.39, 0.29) is 12.3 Å². The number of anilines is 1. The quantitative estimate of drug-likeness (QED) is 0.508. The first kappa shape index (κ1) is 19.2. The molecular weight excluding hydrogens is 408 g/mol. The van der Waals surface area contributed by atoms with Gasteiger partial charge in [-0.3, -0.25) is 4.79 Å². The molecule has 0 bridgehead atoms. The maximum atomic E-state index is 12.4. The molecule has 146 valence electrons. The second-order valence-corrected chi connectivity index (χ2v) is 7.83. The van der Waals surface area contributed by atoms with Crippen molar-refractivity contribution in [2.45, 2.75) is 19.8 Å². The SMILES string of the molecule is Cc1nnnn1-c1cccc(NC(=O)Cc2csc(Cc3cccc(Cl)c3)n2)c1. The lowest BCUT2D eigenvalue weighted by Gasteiger charge is -2.07. The molecule has 0 fully saturated rings. The average molecular weight is 425 g/mol. The van der Waals surface area contributed by atoms with Gasteiger partial charge in [0.2, 0.25) is 5.91 Å². The van der Waals surface area contributed by atoms with Gasteiger partial charge in [0.15, 0.2) is 5.82 Å². The zero-order valence-corrected chi connectivity index (χ0v) is 17.1. The van der Waals surface area contributed by atoms with E-state index in [1.807, 2.05) is 60.8 Å². The molecule has 4 rings (SSSR count). The summed E-state index contributed by atoms with van der Waals surface area (Å²) in [6, 6.07) is 15.1. The molecule has 2 heterocycles. The fourth-order valence-electron chi connectivity index (χ4n) is 2.89. The third-order valence-electron chi connectivity index (χ3n) is 4.19. The van der Waals surface area contributed by atoms with E-state index in [0.29, 0.717) is 23.0 Å². The van der Waals surface area contributed by atoms with Crippen LogP contribution in [0.5, 0.6) is 0 Å². The third-order valence-corrected chi connectivity index (χ3v) is 5.32. The Hall–Kier alpha value is -3.10. The van der Waals surface area contributed by atoms with E-state index < -0.39 is 0 Å². The predicted molar refractivity (Wildman–Crippen MR) is 113 cm³/mol. The Labute approximate surface area is 176 Å². The Kier molecular flexibility index (Phi) is 5.64.